The summed E-state index contributed by atoms with van der Waals surface area (Å²) in [5, 5.41) is 13.6. The third-order valence-electron chi connectivity index (χ3n) is 5.65. The van der Waals surface area contributed by atoms with Crippen molar-refractivity contribution in [3.8, 4) is 11.3 Å². The standard InChI is InChI=1S/C24H28FN3O3/c1-24(2,30)14-31-18-9-7-17(8-10-18)28-23(29)16-5-3-15(4-6-16)21-19-11-12-26-22(19)20(25)13-27-21/h3-6,11-13,17-18,26,30H,7-10,14H2,1-2H3,(H,28,29)/t17-,18-. The maximum atomic E-state index is 13.9. The molecular formula is C24H28FN3O3. The highest BCUT2D eigenvalue weighted by atomic mass is 19.1. The van der Waals surface area contributed by atoms with Gasteiger partial charge in [-0.2, -0.15) is 0 Å². The maximum absolute atomic E-state index is 13.9. The fourth-order valence-corrected chi connectivity index (χ4v) is 3.99. The molecule has 2 heterocycles. The Morgan fingerprint density at radius 3 is 2.61 bits per heavy atom. The molecule has 3 N–H and O–H groups in total. The number of H-pyrrole nitrogens is 1. The third-order valence-corrected chi connectivity index (χ3v) is 5.65. The van der Waals surface area contributed by atoms with Gasteiger partial charge in [0.25, 0.3) is 5.91 Å². The smallest absolute Gasteiger partial charge is 0.251 e. The van der Waals surface area contributed by atoms with Crippen molar-refractivity contribution in [2.24, 2.45) is 0 Å². The molecule has 0 aliphatic heterocycles. The molecule has 1 saturated carbocycles. The predicted octanol–water partition coefficient (Wildman–Crippen LogP) is 4.20. The van der Waals surface area contributed by atoms with Gasteiger partial charge in [0.2, 0.25) is 0 Å². The molecule has 0 saturated heterocycles. The van der Waals surface area contributed by atoms with Crippen LogP contribution in [0.5, 0.6) is 0 Å². The van der Waals surface area contributed by atoms with Gasteiger partial charge in [0.15, 0.2) is 5.82 Å². The Balaban J connectivity index is 1.35. The van der Waals surface area contributed by atoms with Gasteiger partial charge in [-0.05, 0) is 57.7 Å². The Bertz CT molecular complexity index is 1050. The molecule has 0 bridgehead atoms. The summed E-state index contributed by atoms with van der Waals surface area (Å²) in [4.78, 5) is 19.8. The fraction of sp³-hybridized carbons (Fsp3) is 0.417. The van der Waals surface area contributed by atoms with E-state index in [1.807, 2.05) is 12.1 Å². The van der Waals surface area contributed by atoms with E-state index in [1.54, 1.807) is 38.2 Å². The molecular weight excluding hydrogens is 397 g/mol. The minimum atomic E-state index is -0.826. The molecule has 1 amide bonds. The van der Waals surface area contributed by atoms with E-state index in [4.69, 9.17) is 4.74 Å². The van der Waals surface area contributed by atoms with Gasteiger partial charge in [-0.15, -0.1) is 0 Å². The highest BCUT2D eigenvalue weighted by Gasteiger charge is 2.25. The molecule has 0 radical (unpaired) electrons. The van der Waals surface area contributed by atoms with Crippen molar-refractivity contribution in [1.82, 2.24) is 15.3 Å². The lowest BCUT2D eigenvalue weighted by Crippen LogP contribution is -2.40. The minimum Gasteiger partial charge on any atom is -0.388 e. The number of halogens is 1. The van der Waals surface area contributed by atoms with Crippen LogP contribution in [0, 0.1) is 5.82 Å². The highest BCUT2D eigenvalue weighted by Crippen LogP contribution is 2.28. The number of hydrogen-bond acceptors (Lipinski definition) is 4. The summed E-state index contributed by atoms with van der Waals surface area (Å²) < 4.78 is 19.6. The number of aromatic nitrogens is 2. The van der Waals surface area contributed by atoms with E-state index in [2.05, 4.69) is 15.3 Å². The Kier molecular flexibility index (Phi) is 6.07. The molecule has 1 aromatic carbocycles. The molecule has 0 unspecified atom stereocenters. The Morgan fingerprint density at radius 2 is 1.94 bits per heavy atom. The monoisotopic (exact) mass is 425 g/mol. The van der Waals surface area contributed by atoms with Crippen LogP contribution in [0.2, 0.25) is 0 Å². The lowest BCUT2D eigenvalue weighted by molar-refractivity contribution is -0.0640. The van der Waals surface area contributed by atoms with E-state index in [1.165, 1.54) is 6.20 Å². The number of carbonyl (C=O) groups is 1. The quantitative estimate of drug-likeness (QED) is 0.552. The summed E-state index contributed by atoms with van der Waals surface area (Å²) in [6, 6.07) is 9.13. The minimum absolute atomic E-state index is 0.105. The third kappa shape index (κ3) is 5.11. The first-order valence-electron chi connectivity index (χ1n) is 10.7. The number of pyridine rings is 1. The average Bonchev–Trinajstić information content (AvgIpc) is 3.24. The molecule has 164 valence electrons. The molecule has 2 aromatic heterocycles. The number of ether oxygens (including phenoxy) is 1. The first kappa shape index (κ1) is 21.5. The Morgan fingerprint density at radius 1 is 1.23 bits per heavy atom. The van der Waals surface area contributed by atoms with Crippen LogP contribution in [-0.4, -0.2) is 45.3 Å². The van der Waals surface area contributed by atoms with Crippen LogP contribution in [0.3, 0.4) is 0 Å². The van der Waals surface area contributed by atoms with Gasteiger partial charge in [0, 0.05) is 28.8 Å². The lowest BCUT2D eigenvalue weighted by atomic mass is 9.92. The summed E-state index contributed by atoms with van der Waals surface area (Å²) in [5.74, 6) is -0.494. The second-order valence-corrected chi connectivity index (χ2v) is 8.87. The van der Waals surface area contributed by atoms with Crippen molar-refractivity contribution in [1.29, 1.82) is 0 Å². The summed E-state index contributed by atoms with van der Waals surface area (Å²) in [5.41, 5.74) is 1.68. The normalized spacial score (nSPS) is 19.5. The Hall–Kier alpha value is -2.77. The molecule has 0 atom stereocenters. The second-order valence-electron chi connectivity index (χ2n) is 8.87. The van der Waals surface area contributed by atoms with Crippen molar-refractivity contribution in [3.63, 3.8) is 0 Å². The number of rotatable bonds is 6. The van der Waals surface area contributed by atoms with Gasteiger partial charge in [-0.1, -0.05) is 12.1 Å². The first-order valence-corrected chi connectivity index (χ1v) is 10.7. The largest absolute Gasteiger partial charge is 0.388 e. The number of aromatic amines is 1. The van der Waals surface area contributed by atoms with Gasteiger partial charge in [-0.25, -0.2) is 4.39 Å². The van der Waals surface area contributed by atoms with Crippen LogP contribution >= 0.6 is 0 Å². The van der Waals surface area contributed by atoms with Gasteiger partial charge in [0.05, 0.1) is 35.7 Å². The summed E-state index contributed by atoms with van der Waals surface area (Å²) in [7, 11) is 0. The highest BCUT2D eigenvalue weighted by molar-refractivity contribution is 5.96. The van der Waals surface area contributed by atoms with Crippen molar-refractivity contribution in [3.05, 3.63) is 54.1 Å². The van der Waals surface area contributed by atoms with Crippen LogP contribution in [0.25, 0.3) is 22.2 Å². The number of carbonyl (C=O) groups excluding carboxylic acids is 1. The van der Waals surface area contributed by atoms with Gasteiger partial charge in [0.1, 0.15) is 0 Å². The van der Waals surface area contributed by atoms with Gasteiger partial charge in [-0.3, -0.25) is 9.78 Å². The molecule has 31 heavy (non-hydrogen) atoms. The van der Waals surface area contributed by atoms with E-state index in [0.717, 1.165) is 31.2 Å². The number of aliphatic hydroxyl groups is 1. The predicted molar refractivity (Wildman–Crippen MR) is 117 cm³/mol. The van der Waals surface area contributed by atoms with E-state index in [9.17, 15) is 14.3 Å². The molecule has 7 heteroatoms. The van der Waals surface area contributed by atoms with Crippen LogP contribution in [0.15, 0.2) is 42.7 Å². The first-order chi connectivity index (χ1) is 14.8. The lowest BCUT2D eigenvalue weighted by Gasteiger charge is -2.30. The number of benzene rings is 1. The van der Waals surface area contributed by atoms with Crippen molar-refractivity contribution < 1.29 is 19.0 Å². The summed E-state index contributed by atoms with van der Waals surface area (Å²) >= 11 is 0. The molecule has 1 aliphatic carbocycles. The van der Waals surface area contributed by atoms with Crippen molar-refractivity contribution >= 4 is 16.8 Å². The molecule has 4 rings (SSSR count). The summed E-state index contributed by atoms with van der Waals surface area (Å²) in [6.45, 7) is 3.79. The molecule has 3 aromatic rings. The van der Waals surface area contributed by atoms with Crippen molar-refractivity contribution in [2.45, 2.75) is 57.3 Å². The number of nitrogens with one attached hydrogen (secondary N) is 2. The van der Waals surface area contributed by atoms with Crippen LogP contribution in [-0.2, 0) is 4.74 Å². The van der Waals surface area contributed by atoms with Gasteiger partial charge >= 0.3 is 0 Å². The topological polar surface area (TPSA) is 87.2 Å². The number of nitrogens with zero attached hydrogens (tertiary/aromatic N) is 1. The van der Waals surface area contributed by atoms with E-state index >= 15 is 0 Å². The zero-order valence-corrected chi connectivity index (χ0v) is 17.8. The van der Waals surface area contributed by atoms with Crippen LogP contribution in [0.4, 0.5) is 4.39 Å². The van der Waals surface area contributed by atoms with E-state index in [-0.39, 0.29) is 23.9 Å². The van der Waals surface area contributed by atoms with Gasteiger partial charge < -0.3 is 20.1 Å². The van der Waals surface area contributed by atoms with E-state index < -0.39 is 5.60 Å². The van der Waals surface area contributed by atoms with Crippen LogP contribution in [0.1, 0.15) is 49.9 Å². The summed E-state index contributed by atoms with van der Waals surface area (Å²) in [6.07, 6.45) is 6.46. The fourth-order valence-electron chi connectivity index (χ4n) is 3.99. The zero-order valence-electron chi connectivity index (χ0n) is 17.8. The SMILES string of the molecule is CC(C)(O)CO[C@H]1CC[C@H](NC(=O)c2ccc(-c3ncc(F)c4[nH]ccc34)cc2)CC1. The van der Waals surface area contributed by atoms with E-state index in [0.29, 0.717) is 28.8 Å². The maximum Gasteiger partial charge on any atom is 0.251 e. The molecule has 6 nitrogen and oxygen atoms in total. The molecule has 0 spiro atoms. The zero-order chi connectivity index (χ0) is 22.0. The molecule has 1 fully saturated rings. The van der Waals surface area contributed by atoms with Crippen LogP contribution < -0.4 is 5.32 Å². The van der Waals surface area contributed by atoms with Crippen molar-refractivity contribution in [2.75, 3.05) is 6.61 Å². The number of hydrogen-bond donors (Lipinski definition) is 3. The number of amides is 1. The Labute approximate surface area is 180 Å². The molecule has 1 aliphatic rings. The second kappa shape index (κ2) is 8.77. The number of fused-ring (bicyclic) bond motifs is 1. The average molecular weight is 426 g/mol.